The van der Waals surface area contributed by atoms with E-state index >= 15 is 0 Å². The molecule has 0 rings (SSSR count). The summed E-state index contributed by atoms with van der Waals surface area (Å²) in [5, 5.41) is 27.7. The summed E-state index contributed by atoms with van der Waals surface area (Å²) in [6.07, 6.45) is 3.42. The van der Waals surface area contributed by atoms with Gasteiger partial charge in [-0.25, -0.2) is 0 Å². The van der Waals surface area contributed by atoms with Crippen LogP contribution in [0.5, 0.6) is 0 Å². The van der Waals surface area contributed by atoms with Crippen LogP contribution in [0.1, 0.15) is 39.0 Å². The van der Waals surface area contributed by atoms with Gasteiger partial charge < -0.3 is 31.9 Å². The molecule has 0 radical (unpaired) electrons. The third kappa shape index (κ3) is 29.1. The second-order valence-corrected chi connectivity index (χ2v) is 10.6. The largest absolute Gasteiger partial charge is 0.355 e. The van der Waals surface area contributed by atoms with E-state index in [1.807, 2.05) is 16.7 Å². The Labute approximate surface area is 281 Å². The lowest BCUT2D eigenvalue weighted by Crippen LogP contribution is -2.47. The molecule has 0 heterocycles. The van der Waals surface area contributed by atoms with Crippen LogP contribution in [0.15, 0.2) is 15.3 Å². The van der Waals surface area contributed by atoms with Crippen LogP contribution < -0.4 is 31.9 Å². The maximum Gasteiger partial charge on any atom is 0.234 e. The highest BCUT2D eigenvalue weighted by atomic mass is 16.2. The number of unbranched alkanes of at least 4 members (excludes halogenated alkanes) is 1. The minimum absolute atomic E-state index is 0.0814. The first-order chi connectivity index (χ1) is 23.4. The van der Waals surface area contributed by atoms with Crippen molar-refractivity contribution in [2.75, 3.05) is 111 Å². The maximum absolute atomic E-state index is 12.7. The molecule has 0 saturated carbocycles. The fraction of sp³-hybridized carbons (Fsp3) is 0.852. The highest BCUT2D eigenvalue weighted by molar-refractivity contribution is 5.79. The van der Waals surface area contributed by atoms with Crippen molar-refractivity contribution in [3.05, 3.63) is 31.3 Å². The number of rotatable bonds is 32. The minimum atomic E-state index is -0.204. The van der Waals surface area contributed by atoms with Gasteiger partial charge >= 0.3 is 0 Å². The van der Waals surface area contributed by atoms with E-state index in [1.54, 1.807) is 0 Å². The summed E-state index contributed by atoms with van der Waals surface area (Å²) < 4.78 is 0. The molecule has 21 nitrogen and oxygen atoms in total. The van der Waals surface area contributed by atoms with Crippen molar-refractivity contribution in [1.29, 1.82) is 0 Å². The van der Waals surface area contributed by atoms with Crippen molar-refractivity contribution in [3.63, 3.8) is 0 Å². The van der Waals surface area contributed by atoms with Gasteiger partial charge in [0.25, 0.3) is 0 Å². The van der Waals surface area contributed by atoms with Crippen molar-refractivity contribution < 1.29 is 19.2 Å². The number of hydrogen-bond donors (Lipinski definition) is 6. The number of azide groups is 3. The molecule has 0 unspecified atom stereocenters. The number of amides is 4. The molecule has 0 aromatic carbocycles. The van der Waals surface area contributed by atoms with Crippen LogP contribution in [0.4, 0.5) is 0 Å². The molecule has 0 atom stereocenters. The molecular formula is C27H53N17O4. The first-order valence-electron chi connectivity index (χ1n) is 16.3. The number of hydrogen-bond acceptors (Lipinski definition) is 11. The zero-order valence-electron chi connectivity index (χ0n) is 28.1. The van der Waals surface area contributed by atoms with Crippen LogP contribution in [-0.2, 0) is 19.2 Å². The third-order valence-corrected chi connectivity index (χ3v) is 6.56. The SMILES string of the molecule is CCCCNC(=O)CN(CCNCC(=O)NCCCN=[N+]=[N-])CCN(CCNCC(=O)NCCCN=[N+]=[N-])CC(=O)NCCCN=[N+]=[N-]. The van der Waals surface area contributed by atoms with E-state index < -0.39 is 0 Å². The predicted octanol–water partition coefficient (Wildman–Crippen LogP) is 0.136. The first kappa shape index (κ1) is 43.6. The number of nitrogens with zero attached hydrogens (tertiary/aromatic N) is 11. The van der Waals surface area contributed by atoms with Gasteiger partial charge in [0.15, 0.2) is 0 Å². The highest BCUT2D eigenvalue weighted by Crippen LogP contribution is 1.95. The summed E-state index contributed by atoms with van der Waals surface area (Å²) in [6.45, 7) is 7.79. The second-order valence-electron chi connectivity index (χ2n) is 10.6. The average Bonchev–Trinajstić information content (AvgIpc) is 3.06. The highest BCUT2D eigenvalue weighted by Gasteiger charge is 2.16. The van der Waals surface area contributed by atoms with Crippen LogP contribution in [0.3, 0.4) is 0 Å². The van der Waals surface area contributed by atoms with Crippen LogP contribution in [0.2, 0.25) is 0 Å². The van der Waals surface area contributed by atoms with E-state index in [0.29, 0.717) is 97.8 Å². The zero-order valence-corrected chi connectivity index (χ0v) is 28.1. The maximum atomic E-state index is 12.7. The van der Waals surface area contributed by atoms with Gasteiger partial charge in [-0.1, -0.05) is 28.7 Å². The molecule has 0 aromatic heterocycles. The molecule has 48 heavy (non-hydrogen) atoms. The molecule has 0 spiro atoms. The molecule has 21 heteroatoms. The van der Waals surface area contributed by atoms with Crippen LogP contribution in [-0.4, -0.2) is 145 Å². The van der Waals surface area contributed by atoms with Crippen LogP contribution >= 0.6 is 0 Å². The third-order valence-electron chi connectivity index (χ3n) is 6.56. The number of nitrogens with one attached hydrogen (secondary N) is 6. The van der Waals surface area contributed by atoms with Gasteiger partial charge in [-0.05, 0) is 42.3 Å². The Morgan fingerprint density at radius 3 is 1.23 bits per heavy atom. The first-order valence-corrected chi connectivity index (χ1v) is 16.3. The van der Waals surface area contributed by atoms with E-state index in [1.165, 1.54) is 0 Å². The van der Waals surface area contributed by atoms with Gasteiger partial charge in [-0.3, -0.25) is 29.0 Å². The van der Waals surface area contributed by atoms with E-state index in [-0.39, 0.29) is 56.4 Å². The van der Waals surface area contributed by atoms with Gasteiger partial charge in [0.1, 0.15) is 0 Å². The Balaban J connectivity index is 5.08. The quantitative estimate of drug-likeness (QED) is 0.0245. The molecule has 0 saturated heterocycles. The predicted molar refractivity (Wildman–Crippen MR) is 181 cm³/mol. The summed E-state index contributed by atoms with van der Waals surface area (Å²) in [5.41, 5.74) is 25.1. The number of carbonyl (C=O) groups excluding carboxylic acids is 4. The van der Waals surface area contributed by atoms with Gasteiger partial charge in [0.05, 0.1) is 26.2 Å². The molecule has 4 amide bonds. The molecule has 0 aliphatic carbocycles. The molecule has 0 bridgehead atoms. The molecule has 0 aliphatic heterocycles. The zero-order chi connectivity index (χ0) is 35.5. The standard InChI is InChI=1S/C27H53N17O4/c1-2-3-7-35-26(47)22-43(16-14-31-20-24(45)33-8-4-11-37-40-28)18-19-44(23-27(48)36-10-6-13-39-42-30)17-15-32-21-25(46)34-9-5-12-38-41-29/h31-32H,2-23H2,1H3,(H,33,45)(H,34,46)(H,35,47)(H,36,48). The molecule has 270 valence electrons. The molecule has 0 fully saturated rings. The summed E-state index contributed by atoms with van der Waals surface area (Å²) in [7, 11) is 0. The smallest absolute Gasteiger partial charge is 0.234 e. The Bertz CT molecular complexity index is 1060. The van der Waals surface area contributed by atoms with E-state index in [0.717, 1.165) is 12.8 Å². The summed E-state index contributed by atoms with van der Waals surface area (Å²) in [5.74, 6) is -0.706. The summed E-state index contributed by atoms with van der Waals surface area (Å²) in [6, 6.07) is 0. The van der Waals surface area contributed by atoms with Gasteiger partial charge in [0.2, 0.25) is 23.6 Å². The Morgan fingerprint density at radius 1 is 0.521 bits per heavy atom. The average molecular weight is 680 g/mol. The van der Waals surface area contributed by atoms with Crippen LogP contribution in [0, 0.1) is 0 Å². The van der Waals surface area contributed by atoms with Crippen molar-refractivity contribution in [3.8, 4) is 0 Å². The molecular weight excluding hydrogens is 626 g/mol. The normalized spacial score (nSPS) is 10.4. The second kappa shape index (κ2) is 32.6. The van der Waals surface area contributed by atoms with Gasteiger partial charge in [-0.2, -0.15) is 0 Å². The Hall–Kier alpha value is -4.35. The summed E-state index contributed by atoms with van der Waals surface area (Å²) >= 11 is 0. The lowest BCUT2D eigenvalue weighted by molar-refractivity contribution is -0.123. The fourth-order valence-corrected chi connectivity index (χ4v) is 4.02. The molecule has 0 aromatic rings. The Kier molecular flexibility index (Phi) is 29.6. The topological polar surface area (TPSA) is 293 Å². The van der Waals surface area contributed by atoms with Crippen molar-refractivity contribution in [2.45, 2.75) is 39.0 Å². The van der Waals surface area contributed by atoms with Crippen molar-refractivity contribution >= 4 is 23.6 Å². The van der Waals surface area contributed by atoms with E-state index in [4.69, 9.17) is 16.6 Å². The summed E-state index contributed by atoms with van der Waals surface area (Å²) in [4.78, 5) is 61.4. The number of carbonyl (C=O) groups is 4. The van der Waals surface area contributed by atoms with Crippen molar-refractivity contribution in [1.82, 2.24) is 41.7 Å². The van der Waals surface area contributed by atoms with Crippen molar-refractivity contribution in [2.24, 2.45) is 15.3 Å². The molecule has 0 aliphatic rings. The lowest BCUT2D eigenvalue weighted by atomic mass is 10.3. The van der Waals surface area contributed by atoms with Crippen LogP contribution in [0.25, 0.3) is 31.3 Å². The fourth-order valence-electron chi connectivity index (χ4n) is 4.02. The monoisotopic (exact) mass is 679 g/mol. The van der Waals surface area contributed by atoms with Gasteiger partial charge in [0, 0.05) is 99.8 Å². The Morgan fingerprint density at radius 2 is 0.875 bits per heavy atom. The minimum Gasteiger partial charge on any atom is -0.355 e. The lowest BCUT2D eigenvalue weighted by Gasteiger charge is -2.27. The van der Waals surface area contributed by atoms with E-state index in [9.17, 15) is 19.2 Å². The van der Waals surface area contributed by atoms with E-state index in [2.05, 4.69) is 62.0 Å². The molecule has 6 N–H and O–H groups in total. The van der Waals surface area contributed by atoms with Gasteiger partial charge in [-0.15, -0.1) is 0 Å².